The molecule has 116 valence electrons. The Kier molecular flexibility index (Phi) is 3.87. The van der Waals surface area contributed by atoms with Crippen molar-refractivity contribution >= 4 is 34.6 Å². The van der Waals surface area contributed by atoms with E-state index in [2.05, 4.69) is 18.7 Å². The molecule has 0 aromatic heterocycles. The van der Waals surface area contributed by atoms with Crippen LogP contribution in [0.2, 0.25) is 10.0 Å². The van der Waals surface area contributed by atoms with Gasteiger partial charge >= 0.3 is 0 Å². The first kappa shape index (κ1) is 15.3. The first-order valence-electron chi connectivity index (χ1n) is 7.12. The van der Waals surface area contributed by atoms with E-state index in [4.69, 9.17) is 33.7 Å². The van der Waals surface area contributed by atoms with Crippen molar-refractivity contribution in [3.05, 3.63) is 52.0 Å². The Hall–Kier alpha value is -1.58. The SMILES string of the molecule is CC1(C)CN(Cc2c(Cl)cccc2Cl)c2ccc(N)cc2O1. The summed E-state index contributed by atoms with van der Waals surface area (Å²) in [5.41, 5.74) is 8.18. The normalized spacial score (nSPS) is 16.1. The average Bonchev–Trinajstić information content (AvgIpc) is 2.41. The number of hydrogen-bond donors (Lipinski definition) is 1. The lowest BCUT2D eigenvalue weighted by Crippen LogP contribution is -2.46. The molecule has 0 saturated heterocycles. The molecule has 0 atom stereocenters. The van der Waals surface area contributed by atoms with Crippen molar-refractivity contribution in [3.8, 4) is 5.75 Å². The highest BCUT2D eigenvalue weighted by Crippen LogP contribution is 2.40. The Labute approximate surface area is 140 Å². The van der Waals surface area contributed by atoms with Crippen LogP contribution in [-0.2, 0) is 6.54 Å². The molecular formula is C17H18Cl2N2O. The van der Waals surface area contributed by atoms with Gasteiger partial charge in [-0.25, -0.2) is 0 Å². The molecule has 2 N–H and O–H groups in total. The van der Waals surface area contributed by atoms with E-state index in [1.807, 2.05) is 36.4 Å². The van der Waals surface area contributed by atoms with Crippen molar-refractivity contribution in [2.75, 3.05) is 17.2 Å². The second-order valence-electron chi connectivity index (χ2n) is 6.15. The molecule has 0 bridgehead atoms. The Morgan fingerprint density at radius 3 is 2.55 bits per heavy atom. The van der Waals surface area contributed by atoms with E-state index in [1.54, 1.807) is 0 Å². The molecule has 0 radical (unpaired) electrons. The standard InChI is InChI=1S/C17H18Cl2N2O/c1-17(2)10-21(9-12-13(18)4-3-5-14(12)19)15-7-6-11(20)8-16(15)22-17/h3-8H,9-10,20H2,1-2H3. The fourth-order valence-electron chi connectivity index (χ4n) is 2.76. The van der Waals surface area contributed by atoms with E-state index in [0.717, 1.165) is 23.5 Å². The van der Waals surface area contributed by atoms with Crippen molar-refractivity contribution in [2.45, 2.75) is 26.0 Å². The number of fused-ring (bicyclic) bond motifs is 1. The lowest BCUT2D eigenvalue weighted by Gasteiger charge is -2.41. The van der Waals surface area contributed by atoms with Crippen molar-refractivity contribution in [3.63, 3.8) is 0 Å². The average molecular weight is 337 g/mol. The number of halogens is 2. The molecule has 0 unspecified atom stereocenters. The molecule has 5 heteroatoms. The smallest absolute Gasteiger partial charge is 0.145 e. The third-order valence-electron chi connectivity index (χ3n) is 3.69. The van der Waals surface area contributed by atoms with Gasteiger partial charge in [-0.3, -0.25) is 0 Å². The molecule has 1 aliphatic rings. The van der Waals surface area contributed by atoms with Crippen LogP contribution < -0.4 is 15.4 Å². The third kappa shape index (κ3) is 2.96. The van der Waals surface area contributed by atoms with Crippen LogP contribution in [0.3, 0.4) is 0 Å². The summed E-state index contributed by atoms with van der Waals surface area (Å²) in [6, 6.07) is 11.3. The van der Waals surface area contributed by atoms with Gasteiger partial charge in [-0.15, -0.1) is 0 Å². The minimum absolute atomic E-state index is 0.311. The van der Waals surface area contributed by atoms with Crippen LogP contribution in [0, 0.1) is 0 Å². The summed E-state index contributed by atoms with van der Waals surface area (Å²) in [7, 11) is 0. The van der Waals surface area contributed by atoms with E-state index in [9.17, 15) is 0 Å². The predicted octanol–water partition coefficient (Wildman–Crippen LogP) is 4.75. The van der Waals surface area contributed by atoms with Crippen LogP contribution in [0.25, 0.3) is 0 Å². The summed E-state index contributed by atoms with van der Waals surface area (Å²) >= 11 is 12.6. The molecule has 0 fully saturated rings. The van der Waals surface area contributed by atoms with Crippen molar-refractivity contribution < 1.29 is 4.74 Å². The number of nitrogens with zero attached hydrogens (tertiary/aromatic N) is 1. The van der Waals surface area contributed by atoms with Crippen molar-refractivity contribution in [1.29, 1.82) is 0 Å². The number of hydrogen-bond acceptors (Lipinski definition) is 3. The van der Waals surface area contributed by atoms with Gasteiger partial charge in [-0.2, -0.15) is 0 Å². The van der Waals surface area contributed by atoms with Gasteiger partial charge in [0.25, 0.3) is 0 Å². The second-order valence-corrected chi connectivity index (χ2v) is 6.96. The van der Waals surface area contributed by atoms with E-state index in [1.165, 1.54) is 0 Å². The van der Waals surface area contributed by atoms with E-state index in [-0.39, 0.29) is 5.60 Å². The van der Waals surface area contributed by atoms with Crippen LogP contribution in [0.15, 0.2) is 36.4 Å². The van der Waals surface area contributed by atoms with Crippen LogP contribution in [0.5, 0.6) is 5.75 Å². The van der Waals surface area contributed by atoms with Crippen LogP contribution in [0.1, 0.15) is 19.4 Å². The summed E-state index contributed by atoms with van der Waals surface area (Å²) in [4.78, 5) is 2.23. The van der Waals surface area contributed by atoms with E-state index < -0.39 is 0 Å². The topological polar surface area (TPSA) is 38.5 Å². The largest absolute Gasteiger partial charge is 0.484 e. The van der Waals surface area contributed by atoms with Gasteiger partial charge in [-0.1, -0.05) is 29.3 Å². The molecule has 2 aromatic rings. The van der Waals surface area contributed by atoms with Gasteiger partial charge in [-0.05, 0) is 38.1 Å². The maximum absolute atomic E-state index is 6.31. The zero-order valence-electron chi connectivity index (χ0n) is 12.6. The zero-order valence-corrected chi connectivity index (χ0v) is 14.1. The van der Waals surface area contributed by atoms with Gasteiger partial charge in [0.2, 0.25) is 0 Å². The second kappa shape index (κ2) is 5.56. The Balaban J connectivity index is 2.01. The van der Waals surface area contributed by atoms with Crippen molar-refractivity contribution in [2.24, 2.45) is 0 Å². The summed E-state index contributed by atoms with van der Waals surface area (Å²) in [6.45, 7) is 5.48. The summed E-state index contributed by atoms with van der Waals surface area (Å²) < 4.78 is 6.04. The lowest BCUT2D eigenvalue weighted by molar-refractivity contribution is 0.104. The molecule has 0 amide bonds. The summed E-state index contributed by atoms with van der Waals surface area (Å²) in [5, 5.41) is 1.35. The molecule has 22 heavy (non-hydrogen) atoms. The van der Waals surface area contributed by atoms with Gasteiger partial charge in [0, 0.05) is 33.9 Å². The van der Waals surface area contributed by atoms with Crippen molar-refractivity contribution in [1.82, 2.24) is 0 Å². The monoisotopic (exact) mass is 336 g/mol. The highest BCUT2D eigenvalue weighted by atomic mass is 35.5. The van der Waals surface area contributed by atoms with Crippen LogP contribution in [-0.4, -0.2) is 12.1 Å². The number of anilines is 2. The fraction of sp³-hybridized carbons (Fsp3) is 0.294. The van der Waals surface area contributed by atoms with Gasteiger partial charge in [0.1, 0.15) is 11.4 Å². The van der Waals surface area contributed by atoms with Gasteiger partial charge < -0.3 is 15.4 Å². The minimum Gasteiger partial charge on any atom is -0.484 e. The molecule has 0 spiro atoms. The number of ether oxygens (including phenoxy) is 1. The molecule has 0 saturated carbocycles. The van der Waals surface area contributed by atoms with E-state index >= 15 is 0 Å². The maximum Gasteiger partial charge on any atom is 0.145 e. The minimum atomic E-state index is -0.311. The quantitative estimate of drug-likeness (QED) is 0.804. The summed E-state index contributed by atoms with van der Waals surface area (Å²) in [5.74, 6) is 0.791. The molecule has 3 nitrogen and oxygen atoms in total. The Morgan fingerprint density at radius 2 is 1.86 bits per heavy atom. The third-order valence-corrected chi connectivity index (χ3v) is 4.40. The van der Waals surface area contributed by atoms with Gasteiger partial charge in [0.15, 0.2) is 0 Å². The highest BCUT2D eigenvalue weighted by molar-refractivity contribution is 6.36. The lowest BCUT2D eigenvalue weighted by atomic mass is 10.0. The Bertz CT molecular complexity index is 696. The zero-order chi connectivity index (χ0) is 15.9. The first-order chi connectivity index (χ1) is 10.4. The van der Waals surface area contributed by atoms with E-state index in [0.29, 0.717) is 22.3 Å². The van der Waals surface area contributed by atoms with Crippen LogP contribution in [0.4, 0.5) is 11.4 Å². The van der Waals surface area contributed by atoms with Crippen LogP contribution >= 0.6 is 23.2 Å². The first-order valence-corrected chi connectivity index (χ1v) is 7.88. The number of nitrogen functional groups attached to an aromatic ring is 1. The molecular weight excluding hydrogens is 319 g/mol. The number of nitrogens with two attached hydrogens (primary N) is 1. The van der Waals surface area contributed by atoms with Gasteiger partial charge in [0.05, 0.1) is 12.2 Å². The molecule has 3 rings (SSSR count). The molecule has 2 aromatic carbocycles. The fourth-order valence-corrected chi connectivity index (χ4v) is 3.28. The molecule has 1 aliphatic heterocycles. The maximum atomic E-state index is 6.31. The molecule has 1 heterocycles. The number of rotatable bonds is 2. The number of benzene rings is 2. The molecule has 0 aliphatic carbocycles. The Morgan fingerprint density at radius 1 is 1.18 bits per heavy atom. The highest BCUT2D eigenvalue weighted by Gasteiger charge is 2.32. The predicted molar refractivity (Wildman–Crippen MR) is 93.1 cm³/mol. The summed E-state index contributed by atoms with van der Waals surface area (Å²) in [6.07, 6.45) is 0.